The molecule has 0 atom stereocenters. The first-order valence-corrected chi connectivity index (χ1v) is 7.50. The molecule has 5 heteroatoms. The Labute approximate surface area is 118 Å². The van der Waals surface area contributed by atoms with E-state index < -0.39 is 0 Å². The summed E-state index contributed by atoms with van der Waals surface area (Å²) in [6.07, 6.45) is 2.48. The van der Waals surface area contributed by atoms with Crippen molar-refractivity contribution in [2.24, 2.45) is 0 Å². The van der Waals surface area contributed by atoms with Crippen molar-refractivity contribution in [2.75, 3.05) is 6.26 Å². The number of aromatic amines is 1. The number of nitrogens with one attached hydrogen (secondary N) is 1. The van der Waals surface area contributed by atoms with E-state index in [4.69, 9.17) is 0 Å². The summed E-state index contributed by atoms with van der Waals surface area (Å²) in [4.78, 5) is 19.2. The smallest absolute Gasteiger partial charge is 0.255 e. The van der Waals surface area contributed by atoms with Gasteiger partial charge in [-0.25, -0.2) is 4.98 Å². The predicted octanol–water partition coefficient (Wildman–Crippen LogP) is 3.15. The van der Waals surface area contributed by atoms with E-state index in [-0.39, 0.29) is 5.56 Å². The summed E-state index contributed by atoms with van der Waals surface area (Å²) in [5, 5.41) is 0.661. The molecule has 0 amide bonds. The van der Waals surface area contributed by atoms with E-state index >= 15 is 0 Å². The fourth-order valence-electron chi connectivity index (χ4n) is 1.72. The summed E-state index contributed by atoms with van der Waals surface area (Å²) in [6, 6.07) is 7.90. The zero-order chi connectivity index (χ0) is 13.1. The van der Waals surface area contributed by atoms with Gasteiger partial charge in [-0.1, -0.05) is 45.9 Å². The Hall–Kier alpha value is -1.07. The molecule has 0 aliphatic heterocycles. The van der Waals surface area contributed by atoms with Crippen LogP contribution in [0.3, 0.4) is 0 Å². The minimum atomic E-state index is -0.0531. The van der Waals surface area contributed by atoms with Gasteiger partial charge in [-0.05, 0) is 24.8 Å². The number of benzene rings is 1. The van der Waals surface area contributed by atoms with E-state index in [2.05, 4.69) is 25.9 Å². The third-order valence-corrected chi connectivity index (χ3v) is 4.07. The average molecular weight is 325 g/mol. The second kappa shape index (κ2) is 5.71. The maximum Gasteiger partial charge on any atom is 0.255 e. The Morgan fingerprint density at radius 2 is 2.11 bits per heavy atom. The molecule has 0 aliphatic carbocycles. The van der Waals surface area contributed by atoms with E-state index in [0.29, 0.717) is 11.6 Å². The number of hydrogen-bond acceptors (Lipinski definition) is 3. The van der Waals surface area contributed by atoms with Gasteiger partial charge in [-0.2, -0.15) is 0 Å². The molecule has 0 unspecified atom stereocenters. The molecule has 0 spiro atoms. The minimum absolute atomic E-state index is 0.0531. The first-order valence-electron chi connectivity index (χ1n) is 5.49. The van der Waals surface area contributed by atoms with Gasteiger partial charge in [0.1, 0.15) is 0 Å². The second-order valence-electron chi connectivity index (χ2n) is 3.91. The van der Waals surface area contributed by atoms with E-state index in [1.54, 1.807) is 0 Å². The zero-order valence-electron chi connectivity index (χ0n) is 10.2. The Kier molecular flexibility index (Phi) is 4.24. The van der Waals surface area contributed by atoms with Crippen molar-refractivity contribution in [3.63, 3.8) is 0 Å². The number of aromatic nitrogens is 2. The highest BCUT2D eigenvalue weighted by atomic mass is 79.9. The molecule has 3 nitrogen and oxygen atoms in total. The molecule has 1 heterocycles. The Balaban J connectivity index is 2.42. The highest BCUT2D eigenvalue weighted by Gasteiger charge is 2.10. The highest BCUT2D eigenvalue weighted by molar-refractivity contribution is 9.10. The number of halogens is 1. The monoisotopic (exact) mass is 324 g/mol. The molecule has 0 bridgehead atoms. The van der Waals surface area contributed by atoms with Gasteiger partial charge in [-0.3, -0.25) is 4.79 Å². The third-order valence-electron chi connectivity index (χ3n) is 2.72. The minimum Gasteiger partial charge on any atom is -0.301 e. The molecular formula is C13H13BrN2OS. The summed E-state index contributed by atoms with van der Waals surface area (Å²) in [6.45, 7) is 1.88. The SMILES string of the molecule is CSc1nc(C)c(Cc2ccccc2Br)c(=O)[nH]1. The van der Waals surface area contributed by atoms with Crippen molar-refractivity contribution in [2.45, 2.75) is 18.5 Å². The number of rotatable bonds is 3. The molecule has 2 aromatic rings. The van der Waals surface area contributed by atoms with Gasteiger partial charge in [0, 0.05) is 22.2 Å². The van der Waals surface area contributed by atoms with Crippen molar-refractivity contribution in [1.82, 2.24) is 9.97 Å². The molecule has 0 fully saturated rings. The van der Waals surface area contributed by atoms with E-state index in [1.807, 2.05) is 37.4 Å². The maximum atomic E-state index is 12.0. The molecule has 0 saturated carbocycles. The molecule has 0 radical (unpaired) electrons. The first kappa shape index (κ1) is 13.4. The lowest BCUT2D eigenvalue weighted by molar-refractivity contribution is 0.867. The summed E-state index contributed by atoms with van der Waals surface area (Å²) >= 11 is 4.93. The highest BCUT2D eigenvalue weighted by Crippen LogP contribution is 2.19. The van der Waals surface area contributed by atoms with Gasteiger partial charge in [0.25, 0.3) is 5.56 Å². The van der Waals surface area contributed by atoms with Gasteiger partial charge in [0.05, 0.1) is 0 Å². The van der Waals surface area contributed by atoms with Crippen molar-refractivity contribution < 1.29 is 0 Å². The Morgan fingerprint density at radius 1 is 1.39 bits per heavy atom. The average Bonchev–Trinajstić information content (AvgIpc) is 2.35. The van der Waals surface area contributed by atoms with Crippen LogP contribution < -0.4 is 5.56 Å². The standard InChI is InChI=1S/C13H13BrN2OS/c1-8-10(12(17)16-13(15-8)18-2)7-9-5-3-4-6-11(9)14/h3-6H,7H2,1-2H3,(H,15,16,17). The molecule has 1 aromatic carbocycles. The number of thioether (sulfide) groups is 1. The lowest BCUT2D eigenvalue weighted by Gasteiger charge is -2.07. The molecule has 2 rings (SSSR count). The third kappa shape index (κ3) is 2.84. The molecule has 0 aliphatic rings. The van der Waals surface area contributed by atoms with Crippen LogP contribution in [0.25, 0.3) is 0 Å². The van der Waals surface area contributed by atoms with Gasteiger partial charge in [-0.15, -0.1) is 0 Å². The molecular weight excluding hydrogens is 312 g/mol. The second-order valence-corrected chi connectivity index (χ2v) is 5.56. The summed E-state index contributed by atoms with van der Waals surface area (Å²) in [5.41, 5.74) is 2.55. The van der Waals surface area contributed by atoms with E-state index in [1.165, 1.54) is 11.8 Å². The van der Waals surface area contributed by atoms with Crippen LogP contribution in [-0.2, 0) is 6.42 Å². The molecule has 94 valence electrons. The largest absolute Gasteiger partial charge is 0.301 e. The van der Waals surface area contributed by atoms with Gasteiger partial charge in [0.15, 0.2) is 5.16 Å². The molecule has 1 N–H and O–H groups in total. The van der Waals surface area contributed by atoms with Crippen LogP contribution in [0.2, 0.25) is 0 Å². The van der Waals surface area contributed by atoms with Crippen molar-refractivity contribution >= 4 is 27.7 Å². The van der Waals surface area contributed by atoms with Crippen LogP contribution in [0, 0.1) is 6.92 Å². The van der Waals surface area contributed by atoms with Crippen LogP contribution in [0.15, 0.2) is 38.7 Å². The Bertz CT molecular complexity index is 625. The summed E-state index contributed by atoms with van der Waals surface area (Å²) in [7, 11) is 0. The fraction of sp³-hybridized carbons (Fsp3) is 0.231. The van der Waals surface area contributed by atoms with Crippen LogP contribution in [0.1, 0.15) is 16.8 Å². The quantitative estimate of drug-likeness (QED) is 0.696. The van der Waals surface area contributed by atoms with Crippen LogP contribution in [0.4, 0.5) is 0 Å². The van der Waals surface area contributed by atoms with E-state index in [9.17, 15) is 4.79 Å². The molecule has 1 aromatic heterocycles. The Morgan fingerprint density at radius 3 is 2.72 bits per heavy atom. The lowest BCUT2D eigenvalue weighted by Crippen LogP contribution is -2.17. The number of aryl methyl sites for hydroxylation is 1. The van der Waals surface area contributed by atoms with Crippen LogP contribution >= 0.6 is 27.7 Å². The van der Waals surface area contributed by atoms with Gasteiger partial charge in [0.2, 0.25) is 0 Å². The van der Waals surface area contributed by atoms with Crippen LogP contribution in [0.5, 0.6) is 0 Å². The molecule has 0 saturated heterocycles. The number of H-pyrrole nitrogens is 1. The van der Waals surface area contributed by atoms with Crippen molar-refractivity contribution in [3.05, 3.63) is 55.9 Å². The maximum absolute atomic E-state index is 12.0. The zero-order valence-corrected chi connectivity index (χ0v) is 12.6. The fourth-order valence-corrected chi connectivity index (χ4v) is 2.57. The van der Waals surface area contributed by atoms with E-state index in [0.717, 1.165) is 21.3 Å². The predicted molar refractivity (Wildman–Crippen MR) is 78.3 cm³/mol. The van der Waals surface area contributed by atoms with Gasteiger partial charge >= 0.3 is 0 Å². The van der Waals surface area contributed by atoms with Crippen molar-refractivity contribution in [1.29, 1.82) is 0 Å². The normalized spacial score (nSPS) is 10.6. The van der Waals surface area contributed by atoms with Crippen LogP contribution in [-0.4, -0.2) is 16.2 Å². The van der Waals surface area contributed by atoms with Gasteiger partial charge < -0.3 is 4.98 Å². The molecule has 18 heavy (non-hydrogen) atoms. The number of hydrogen-bond donors (Lipinski definition) is 1. The summed E-state index contributed by atoms with van der Waals surface area (Å²) in [5.74, 6) is 0. The topological polar surface area (TPSA) is 45.8 Å². The van der Waals surface area contributed by atoms with Crippen molar-refractivity contribution in [3.8, 4) is 0 Å². The lowest BCUT2D eigenvalue weighted by atomic mass is 10.1. The number of nitrogens with zero attached hydrogens (tertiary/aromatic N) is 1. The summed E-state index contributed by atoms with van der Waals surface area (Å²) < 4.78 is 1.01. The first-order chi connectivity index (χ1) is 8.61.